The van der Waals surface area contributed by atoms with Gasteiger partial charge in [-0.1, -0.05) is 24.3 Å². The Kier molecular flexibility index (Phi) is 3.55. The average molecular weight is 350 g/mol. The number of hydrogen-bond donors (Lipinski definition) is 1. The van der Waals surface area contributed by atoms with Crippen molar-refractivity contribution >= 4 is 27.8 Å². The standard InChI is InChI=1S/C15H12BrNO4/c16-13-6-11(8-21-13)14(18)17-7-10-4-2-1-3-9(10)5-12(17)15(19)20/h1-4,6,8,12H,5,7H2,(H,19,20)/t12-/m1/s1. The predicted molar refractivity (Wildman–Crippen MR) is 77.9 cm³/mol. The summed E-state index contributed by atoms with van der Waals surface area (Å²) in [6, 6.07) is 8.27. The Morgan fingerprint density at radius 3 is 2.62 bits per heavy atom. The van der Waals surface area contributed by atoms with Crippen molar-refractivity contribution in [2.24, 2.45) is 0 Å². The van der Waals surface area contributed by atoms with E-state index in [9.17, 15) is 14.7 Å². The van der Waals surface area contributed by atoms with Crippen LogP contribution < -0.4 is 0 Å². The first-order valence-corrected chi connectivity index (χ1v) is 7.20. The number of benzene rings is 1. The summed E-state index contributed by atoms with van der Waals surface area (Å²) in [5.74, 6) is -1.34. The van der Waals surface area contributed by atoms with Crippen molar-refractivity contribution in [1.82, 2.24) is 4.90 Å². The molecule has 108 valence electrons. The molecule has 0 radical (unpaired) electrons. The fourth-order valence-electron chi connectivity index (χ4n) is 2.55. The fourth-order valence-corrected chi connectivity index (χ4v) is 2.89. The van der Waals surface area contributed by atoms with Crippen LogP contribution in [0, 0.1) is 0 Å². The van der Waals surface area contributed by atoms with E-state index in [4.69, 9.17) is 4.42 Å². The highest BCUT2D eigenvalue weighted by molar-refractivity contribution is 9.10. The number of rotatable bonds is 2. The van der Waals surface area contributed by atoms with Crippen LogP contribution in [0.15, 0.2) is 45.7 Å². The van der Waals surface area contributed by atoms with Crippen molar-refractivity contribution in [2.75, 3.05) is 0 Å². The minimum absolute atomic E-state index is 0.286. The molecule has 0 aliphatic carbocycles. The second-order valence-electron chi connectivity index (χ2n) is 4.90. The second-order valence-corrected chi connectivity index (χ2v) is 5.68. The summed E-state index contributed by atoms with van der Waals surface area (Å²) in [6.45, 7) is 0.286. The van der Waals surface area contributed by atoms with Gasteiger partial charge in [-0.05, 0) is 27.1 Å². The van der Waals surface area contributed by atoms with Crippen LogP contribution in [0.3, 0.4) is 0 Å². The van der Waals surface area contributed by atoms with Crippen LogP contribution in [0.2, 0.25) is 0 Å². The number of halogens is 1. The van der Waals surface area contributed by atoms with Crippen LogP contribution in [0.4, 0.5) is 0 Å². The van der Waals surface area contributed by atoms with Crippen molar-refractivity contribution in [3.63, 3.8) is 0 Å². The maximum atomic E-state index is 12.5. The quantitative estimate of drug-likeness (QED) is 0.904. The molecule has 0 unspecified atom stereocenters. The van der Waals surface area contributed by atoms with Crippen LogP contribution in [-0.4, -0.2) is 27.9 Å². The third kappa shape index (κ3) is 2.58. The van der Waals surface area contributed by atoms with Gasteiger partial charge in [0.1, 0.15) is 12.3 Å². The number of nitrogens with zero attached hydrogens (tertiary/aromatic N) is 1. The fraction of sp³-hybridized carbons (Fsp3) is 0.200. The molecule has 1 atom stereocenters. The Morgan fingerprint density at radius 1 is 1.29 bits per heavy atom. The van der Waals surface area contributed by atoms with E-state index in [-0.39, 0.29) is 12.5 Å². The van der Waals surface area contributed by atoms with Crippen LogP contribution in [-0.2, 0) is 17.8 Å². The Labute approximate surface area is 129 Å². The molecule has 21 heavy (non-hydrogen) atoms. The van der Waals surface area contributed by atoms with E-state index in [0.717, 1.165) is 11.1 Å². The highest BCUT2D eigenvalue weighted by Gasteiger charge is 2.35. The van der Waals surface area contributed by atoms with Crippen LogP contribution >= 0.6 is 15.9 Å². The zero-order chi connectivity index (χ0) is 15.0. The minimum atomic E-state index is -1.000. The zero-order valence-corrected chi connectivity index (χ0v) is 12.5. The number of fused-ring (bicyclic) bond motifs is 1. The van der Waals surface area contributed by atoms with Gasteiger partial charge in [0.2, 0.25) is 0 Å². The SMILES string of the molecule is O=C(O)[C@H]1Cc2ccccc2CN1C(=O)c1coc(Br)c1. The number of carboxylic acids is 1. The van der Waals surface area contributed by atoms with Gasteiger partial charge in [-0.2, -0.15) is 0 Å². The van der Waals surface area contributed by atoms with Crippen molar-refractivity contribution in [1.29, 1.82) is 0 Å². The number of furan rings is 1. The van der Waals surface area contributed by atoms with Crippen molar-refractivity contribution < 1.29 is 19.1 Å². The Hall–Kier alpha value is -2.08. The highest BCUT2D eigenvalue weighted by atomic mass is 79.9. The maximum absolute atomic E-state index is 12.5. The molecular formula is C15H12BrNO4. The number of hydrogen-bond acceptors (Lipinski definition) is 3. The predicted octanol–water partition coefficient (Wildman–Crippen LogP) is 2.69. The first kappa shape index (κ1) is 13.9. The van der Waals surface area contributed by atoms with Crippen LogP contribution in [0.5, 0.6) is 0 Å². The van der Waals surface area contributed by atoms with E-state index < -0.39 is 12.0 Å². The smallest absolute Gasteiger partial charge is 0.326 e. The second kappa shape index (κ2) is 5.37. The molecule has 1 aliphatic heterocycles. The van der Waals surface area contributed by atoms with E-state index in [0.29, 0.717) is 16.7 Å². The van der Waals surface area contributed by atoms with E-state index in [2.05, 4.69) is 15.9 Å². The summed E-state index contributed by atoms with van der Waals surface area (Å²) in [6.07, 6.45) is 1.64. The minimum Gasteiger partial charge on any atom is -0.480 e. The summed E-state index contributed by atoms with van der Waals surface area (Å²) in [7, 11) is 0. The molecule has 2 aromatic rings. The normalized spacial score (nSPS) is 17.4. The average Bonchev–Trinajstić information content (AvgIpc) is 2.91. The summed E-state index contributed by atoms with van der Waals surface area (Å²) in [5, 5.41) is 9.41. The lowest BCUT2D eigenvalue weighted by Crippen LogP contribution is -2.48. The zero-order valence-electron chi connectivity index (χ0n) is 11.0. The van der Waals surface area contributed by atoms with Crippen molar-refractivity contribution in [3.05, 3.63) is 58.0 Å². The summed E-state index contributed by atoms with van der Waals surface area (Å²) in [4.78, 5) is 25.4. The molecule has 0 saturated carbocycles. The van der Waals surface area contributed by atoms with Gasteiger partial charge in [-0.15, -0.1) is 0 Å². The van der Waals surface area contributed by atoms with Gasteiger partial charge in [-0.25, -0.2) is 4.79 Å². The largest absolute Gasteiger partial charge is 0.480 e. The topological polar surface area (TPSA) is 70.8 Å². The van der Waals surface area contributed by atoms with Crippen LogP contribution in [0.25, 0.3) is 0 Å². The lowest BCUT2D eigenvalue weighted by molar-refractivity contribution is -0.142. The number of carbonyl (C=O) groups is 2. The summed E-state index contributed by atoms with van der Waals surface area (Å²) >= 11 is 3.14. The maximum Gasteiger partial charge on any atom is 0.326 e. The molecule has 0 fully saturated rings. The van der Waals surface area contributed by atoms with Crippen LogP contribution in [0.1, 0.15) is 21.5 Å². The first-order valence-electron chi connectivity index (χ1n) is 6.41. The molecule has 1 N–H and O–H groups in total. The molecule has 1 amide bonds. The third-order valence-electron chi connectivity index (χ3n) is 3.61. The molecule has 1 aromatic heterocycles. The molecule has 0 bridgehead atoms. The first-order chi connectivity index (χ1) is 10.1. The van der Waals surface area contributed by atoms with Gasteiger partial charge in [0.25, 0.3) is 5.91 Å². The third-order valence-corrected chi connectivity index (χ3v) is 4.02. The molecule has 1 aliphatic rings. The Morgan fingerprint density at radius 2 is 2.00 bits per heavy atom. The molecule has 0 saturated heterocycles. The summed E-state index contributed by atoms with van der Waals surface area (Å²) in [5.41, 5.74) is 2.29. The molecule has 1 aromatic carbocycles. The van der Waals surface area contributed by atoms with Crippen molar-refractivity contribution in [2.45, 2.75) is 19.0 Å². The number of carbonyl (C=O) groups excluding carboxylic acids is 1. The molecule has 2 heterocycles. The number of amides is 1. The Bertz CT molecular complexity index is 709. The van der Waals surface area contributed by atoms with Gasteiger partial charge in [0.05, 0.1) is 5.56 Å². The molecular weight excluding hydrogens is 338 g/mol. The molecule has 6 heteroatoms. The lowest BCUT2D eigenvalue weighted by atomic mass is 9.93. The van der Waals surface area contributed by atoms with E-state index in [1.54, 1.807) is 6.07 Å². The van der Waals surface area contributed by atoms with E-state index >= 15 is 0 Å². The van der Waals surface area contributed by atoms with Gasteiger partial charge in [0, 0.05) is 19.0 Å². The highest BCUT2D eigenvalue weighted by Crippen LogP contribution is 2.26. The van der Waals surface area contributed by atoms with Crippen molar-refractivity contribution in [3.8, 4) is 0 Å². The van der Waals surface area contributed by atoms with E-state index in [1.807, 2.05) is 24.3 Å². The summed E-state index contributed by atoms with van der Waals surface area (Å²) < 4.78 is 5.50. The number of aliphatic carboxylic acids is 1. The number of carboxylic acid groups (broad SMARTS) is 1. The van der Waals surface area contributed by atoms with Gasteiger partial charge < -0.3 is 14.4 Å². The van der Waals surface area contributed by atoms with Gasteiger partial charge >= 0.3 is 5.97 Å². The molecule has 3 rings (SSSR count). The monoisotopic (exact) mass is 349 g/mol. The lowest BCUT2D eigenvalue weighted by Gasteiger charge is -2.34. The molecule has 5 nitrogen and oxygen atoms in total. The Balaban J connectivity index is 1.96. The van der Waals surface area contributed by atoms with Gasteiger partial charge in [0.15, 0.2) is 4.67 Å². The van der Waals surface area contributed by atoms with Gasteiger partial charge in [-0.3, -0.25) is 4.79 Å². The molecule has 0 spiro atoms. The van der Waals surface area contributed by atoms with E-state index in [1.165, 1.54) is 11.2 Å².